The van der Waals surface area contributed by atoms with E-state index in [1.165, 1.54) is 55.0 Å². The lowest BCUT2D eigenvalue weighted by molar-refractivity contribution is -0.384. The third kappa shape index (κ3) is 8.45. The summed E-state index contributed by atoms with van der Waals surface area (Å²) >= 11 is 0. The Morgan fingerprint density at radius 1 is 0.878 bits per heavy atom. The fourth-order valence-electron chi connectivity index (χ4n) is 3.34. The second-order valence-electron chi connectivity index (χ2n) is 8.26. The van der Waals surface area contributed by atoms with Crippen molar-refractivity contribution in [2.24, 2.45) is 5.10 Å². The topological polar surface area (TPSA) is 153 Å². The highest BCUT2D eigenvalue weighted by molar-refractivity contribution is 6.05. The molecule has 2 N–H and O–H groups in total. The molecule has 4 rings (SSSR count). The van der Waals surface area contributed by atoms with Crippen molar-refractivity contribution in [3.8, 4) is 5.75 Å². The van der Waals surface area contributed by atoms with E-state index in [1.807, 2.05) is 0 Å². The van der Waals surface area contributed by atoms with Gasteiger partial charge in [-0.05, 0) is 83.9 Å². The van der Waals surface area contributed by atoms with Gasteiger partial charge in [-0.3, -0.25) is 19.7 Å². The van der Waals surface area contributed by atoms with Crippen molar-refractivity contribution in [3.05, 3.63) is 142 Å². The molecule has 0 aliphatic rings. The Labute approximate surface area is 233 Å². The zero-order chi connectivity index (χ0) is 29.0. The Morgan fingerprint density at radius 2 is 1.59 bits per heavy atom. The molecule has 0 aliphatic heterocycles. The van der Waals surface area contributed by atoms with Crippen LogP contribution in [0.4, 0.5) is 5.69 Å². The second-order valence-corrected chi connectivity index (χ2v) is 8.26. The minimum atomic E-state index is -0.724. The number of furan rings is 1. The first-order chi connectivity index (χ1) is 19.9. The molecule has 11 heteroatoms. The zero-order valence-electron chi connectivity index (χ0n) is 21.3. The summed E-state index contributed by atoms with van der Waals surface area (Å²) in [6.07, 6.45) is 6.95. The molecule has 4 aromatic rings. The van der Waals surface area contributed by atoms with Crippen molar-refractivity contribution in [2.75, 3.05) is 0 Å². The molecule has 1 heterocycles. The van der Waals surface area contributed by atoms with Crippen LogP contribution >= 0.6 is 0 Å². The number of nitro groups is 1. The summed E-state index contributed by atoms with van der Waals surface area (Å²) in [7, 11) is 0. The number of rotatable bonds is 10. The van der Waals surface area contributed by atoms with E-state index < -0.39 is 22.7 Å². The molecule has 41 heavy (non-hydrogen) atoms. The summed E-state index contributed by atoms with van der Waals surface area (Å²) < 4.78 is 10.3. The average Bonchev–Trinajstić information content (AvgIpc) is 3.51. The van der Waals surface area contributed by atoms with Crippen LogP contribution in [0.3, 0.4) is 0 Å². The first-order valence-electron chi connectivity index (χ1n) is 12.1. The van der Waals surface area contributed by atoms with Gasteiger partial charge in [0.25, 0.3) is 17.5 Å². The lowest BCUT2D eigenvalue weighted by Gasteiger charge is -2.09. The molecule has 11 nitrogen and oxygen atoms in total. The normalized spacial score (nSPS) is 11.4. The van der Waals surface area contributed by atoms with Crippen LogP contribution in [0.1, 0.15) is 27.2 Å². The number of nitrogens with zero attached hydrogens (tertiary/aromatic N) is 2. The minimum Gasteiger partial charge on any atom is -0.465 e. The van der Waals surface area contributed by atoms with E-state index in [0.29, 0.717) is 28.2 Å². The van der Waals surface area contributed by atoms with Crippen LogP contribution in [0.2, 0.25) is 0 Å². The first kappa shape index (κ1) is 27.9. The van der Waals surface area contributed by atoms with Crippen LogP contribution < -0.4 is 15.5 Å². The number of carbonyl (C=O) groups is 3. The highest BCUT2D eigenvalue weighted by Gasteiger charge is 2.15. The Kier molecular flexibility index (Phi) is 9.28. The molecule has 2 amide bonds. The van der Waals surface area contributed by atoms with E-state index >= 15 is 0 Å². The second kappa shape index (κ2) is 13.6. The maximum Gasteiger partial charge on any atom is 0.336 e. The van der Waals surface area contributed by atoms with Crippen LogP contribution in [0.5, 0.6) is 5.75 Å². The third-order valence-electron chi connectivity index (χ3n) is 5.35. The Morgan fingerprint density at radius 3 is 2.24 bits per heavy atom. The summed E-state index contributed by atoms with van der Waals surface area (Å²) in [5.74, 6) is -1.02. The number of carbonyl (C=O) groups excluding carboxylic acids is 3. The lowest BCUT2D eigenvalue weighted by atomic mass is 10.1. The summed E-state index contributed by atoms with van der Waals surface area (Å²) in [6, 6.07) is 23.5. The van der Waals surface area contributed by atoms with Crippen molar-refractivity contribution in [3.63, 3.8) is 0 Å². The summed E-state index contributed by atoms with van der Waals surface area (Å²) in [6.45, 7) is 0. The van der Waals surface area contributed by atoms with Gasteiger partial charge in [-0.15, -0.1) is 0 Å². The van der Waals surface area contributed by atoms with Gasteiger partial charge in [0.05, 0.1) is 17.4 Å². The highest BCUT2D eigenvalue weighted by atomic mass is 16.6. The fourth-order valence-corrected chi connectivity index (χ4v) is 3.34. The number of amides is 2. The number of hydrogen-bond acceptors (Lipinski definition) is 8. The van der Waals surface area contributed by atoms with E-state index in [1.54, 1.807) is 66.7 Å². The van der Waals surface area contributed by atoms with Crippen LogP contribution in [0.15, 0.2) is 119 Å². The van der Waals surface area contributed by atoms with Crippen molar-refractivity contribution in [2.45, 2.75) is 0 Å². The maximum absolute atomic E-state index is 12.9. The summed E-state index contributed by atoms with van der Waals surface area (Å²) in [5.41, 5.74) is 3.47. The zero-order valence-corrected chi connectivity index (χ0v) is 21.3. The van der Waals surface area contributed by atoms with Gasteiger partial charge in [0.1, 0.15) is 17.2 Å². The monoisotopic (exact) mass is 550 g/mol. The van der Waals surface area contributed by atoms with Gasteiger partial charge in [0, 0.05) is 23.8 Å². The van der Waals surface area contributed by atoms with Crippen molar-refractivity contribution < 1.29 is 28.5 Å². The molecule has 0 unspecified atom stereocenters. The molecule has 0 saturated heterocycles. The molecule has 3 aromatic carbocycles. The van der Waals surface area contributed by atoms with E-state index in [2.05, 4.69) is 15.8 Å². The van der Waals surface area contributed by atoms with Crippen LogP contribution in [0.25, 0.3) is 12.2 Å². The van der Waals surface area contributed by atoms with Crippen LogP contribution in [-0.4, -0.2) is 28.9 Å². The van der Waals surface area contributed by atoms with Gasteiger partial charge >= 0.3 is 5.97 Å². The van der Waals surface area contributed by atoms with E-state index in [9.17, 15) is 24.5 Å². The molecule has 0 spiro atoms. The Hall–Kier alpha value is -6.10. The molecule has 0 radical (unpaired) electrons. The number of ether oxygens (including phenoxy) is 1. The Bertz CT molecular complexity index is 1610. The fraction of sp³-hybridized carbons (Fsp3) is 0. The van der Waals surface area contributed by atoms with Gasteiger partial charge in [0.2, 0.25) is 0 Å². The predicted molar refractivity (Wildman–Crippen MR) is 151 cm³/mol. The lowest BCUT2D eigenvalue weighted by Crippen LogP contribution is -2.32. The summed E-state index contributed by atoms with van der Waals surface area (Å²) in [5, 5.41) is 17.4. The molecule has 0 atom stereocenters. The minimum absolute atomic E-state index is 0.114. The highest BCUT2D eigenvalue weighted by Crippen LogP contribution is 2.15. The summed E-state index contributed by atoms with van der Waals surface area (Å²) in [4.78, 5) is 48.0. The average molecular weight is 551 g/mol. The molecule has 0 fully saturated rings. The Balaban J connectivity index is 1.41. The SMILES string of the molecule is O=C(/C=C/c1ccco1)Oc1ccc(/C=N\NC(=O)/C(=C/c2ccc([N+](=O)[O-])cc2)NC(=O)c2ccccc2)cc1. The third-order valence-corrected chi connectivity index (χ3v) is 5.35. The maximum atomic E-state index is 12.9. The van der Waals surface area contributed by atoms with Gasteiger partial charge < -0.3 is 14.5 Å². The van der Waals surface area contributed by atoms with Gasteiger partial charge in [-0.25, -0.2) is 10.2 Å². The number of esters is 1. The molecule has 204 valence electrons. The van der Waals surface area contributed by atoms with E-state index in [-0.39, 0.29) is 11.4 Å². The molecule has 0 saturated carbocycles. The van der Waals surface area contributed by atoms with Crippen LogP contribution in [0, 0.1) is 10.1 Å². The molecule has 0 aliphatic carbocycles. The number of nitro benzene ring substituents is 1. The smallest absolute Gasteiger partial charge is 0.336 e. The van der Waals surface area contributed by atoms with E-state index in [4.69, 9.17) is 9.15 Å². The molecular weight excluding hydrogens is 528 g/mol. The van der Waals surface area contributed by atoms with Crippen molar-refractivity contribution in [1.82, 2.24) is 10.7 Å². The largest absolute Gasteiger partial charge is 0.465 e. The van der Waals surface area contributed by atoms with Crippen molar-refractivity contribution in [1.29, 1.82) is 0 Å². The number of benzene rings is 3. The molecule has 0 bridgehead atoms. The standard InChI is InChI=1S/C30H22N4O7/c35-28(17-16-25-7-4-18-40-25)41-26-14-10-22(11-15-26)20-31-33-30(37)27(32-29(36)23-5-2-1-3-6-23)19-21-8-12-24(13-9-21)34(38)39/h1-20H,(H,32,36)(H,33,37)/b17-16+,27-19-,31-20-. The van der Waals surface area contributed by atoms with Gasteiger partial charge in [0.15, 0.2) is 0 Å². The van der Waals surface area contributed by atoms with Gasteiger partial charge in [-0.2, -0.15) is 5.10 Å². The predicted octanol–water partition coefficient (Wildman–Crippen LogP) is 4.73. The number of hydrazone groups is 1. The molecular formula is C30H22N4O7. The first-order valence-corrected chi connectivity index (χ1v) is 12.1. The number of nitrogens with one attached hydrogen (secondary N) is 2. The van der Waals surface area contributed by atoms with Gasteiger partial charge in [-0.1, -0.05) is 18.2 Å². The van der Waals surface area contributed by atoms with Crippen LogP contribution in [-0.2, 0) is 9.59 Å². The number of non-ortho nitro benzene ring substituents is 1. The quantitative estimate of drug-likeness (QED) is 0.0723. The number of hydrogen-bond donors (Lipinski definition) is 2. The van der Waals surface area contributed by atoms with E-state index in [0.717, 1.165) is 0 Å². The van der Waals surface area contributed by atoms with Crippen molar-refractivity contribution >= 4 is 41.8 Å². The molecule has 1 aromatic heterocycles.